The van der Waals surface area contributed by atoms with Crippen LogP contribution in [0, 0.1) is 12.8 Å². The molecule has 1 aliphatic rings. The van der Waals surface area contributed by atoms with Gasteiger partial charge >= 0.3 is 6.18 Å². The fraction of sp³-hybridized carbons (Fsp3) is 0.304. The first kappa shape index (κ1) is 20.8. The molecule has 1 atom stereocenters. The molecule has 0 spiro atoms. The van der Waals surface area contributed by atoms with Gasteiger partial charge in [0.25, 0.3) is 0 Å². The summed E-state index contributed by atoms with van der Waals surface area (Å²) >= 11 is 0. The van der Waals surface area contributed by atoms with Crippen molar-refractivity contribution in [3.8, 4) is 5.75 Å². The molecule has 1 saturated carbocycles. The summed E-state index contributed by atoms with van der Waals surface area (Å²) in [6, 6.07) is 14.9. The zero-order valence-corrected chi connectivity index (χ0v) is 16.0. The van der Waals surface area contributed by atoms with E-state index < -0.39 is 23.7 Å². The van der Waals surface area contributed by atoms with Crippen molar-refractivity contribution in [2.75, 3.05) is 0 Å². The molecule has 3 nitrogen and oxygen atoms in total. The van der Waals surface area contributed by atoms with E-state index in [0.717, 1.165) is 5.56 Å². The minimum Gasteiger partial charge on any atom is -0.489 e. The van der Waals surface area contributed by atoms with Crippen LogP contribution in [-0.4, -0.2) is 17.7 Å². The molecule has 0 amide bonds. The monoisotopic (exact) mass is 402 g/mol. The Labute approximate surface area is 167 Å². The third-order valence-corrected chi connectivity index (χ3v) is 4.91. The molecule has 0 aliphatic heterocycles. The smallest absolute Gasteiger partial charge is 0.450 e. The SMILES string of the molecule is Cc1ccc(COc2ccc(C=C3CCCC(C(=O)C(F)(F)F)C3=O)cc2)cc1. The van der Waals surface area contributed by atoms with Gasteiger partial charge in [0.1, 0.15) is 12.4 Å². The highest BCUT2D eigenvalue weighted by Gasteiger charge is 2.47. The van der Waals surface area contributed by atoms with E-state index in [2.05, 4.69) is 0 Å². The second kappa shape index (κ2) is 8.64. The Hall–Kier alpha value is -2.89. The van der Waals surface area contributed by atoms with Crippen LogP contribution in [-0.2, 0) is 16.2 Å². The molecule has 0 N–H and O–H groups in total. The van der Waals surface area contributed by atoms with Gasteiger partial charge in [-0.25, -0.2) is 0 Å². The Morgan fingerprint density at radius 1 is 1.10 bits per heavy atom. The minimum atomic E-state index is -4.99. The van der Waals surface area contributed by atoms with E-state index in [1.807, 2.05) is 31.2 Å². The Kier molecular flexibility index (Phi) is 6.20. The number of allylic oxidation sites excluding steroid dienone is 1. The number of alkyl halides is 3. The molecule has 6 heteroatoms. The van der Waals surface area contributed by atoms with Gasteiger partial charge in [-0.1, -0.05) is 42.0 Å². The zero-order valence-electron chi connectivity index (χ0n) is 16.0. The van der Waals surface area contributed by atoms with Crippen molar-refractivity contribution >= 4 is 17.6 Å². The van der Waals surface area contributed by atoms with E-state index in [9.17, 15) is 22.8 Å². The van der Waals surface area contributed by atoms with E-state index in [4.69, 9.17) is 4.74 Å². The highest BCUT2D eigenvalue weighted by atomic mass is 19.4. The van der Waals surface area contributed by atoms with Crippen LogP contribution >= 0.6 is 0 Å². The summed E-state index contributed by atoms with van der Waals surface area (Å²) in [6.07, 6.45) is -2.74. The molecule has 2 aromatic rings. The maximum Gasteiger partial charge on any atom is 0.450 e. The fourth-order valence-electron chi connectivity index (χ4n) is 3.28. The molecule has 152 valence electrons. The lowest BCUT2D eigenvalue weighted by molar-refractivity contribution is -0.176. The number of halogens is 3. The molecular weight excluding hydrogens is 381 g/mol. The van der Waals surface area contributed by atoms with E-state index in [-0.39, 0.29) is 12.0 Å². The summed E-state index contributed by atoms with van der Waals surface area (Å²) < 4.78 is 43.8. The molecule has 0 saturated heterocycles. The Morgan fingerprint density at radius 2 is 1.76 bits per heavy atom. The molecule has 1 unspecified atom stereocenters. The summed E-state index contributed by atoms with van der Waals surface area (Å²) in [4.78, 5) is 23.8. The van der Waals surface area contributed by atoms with Crippen molar-refractivity contribution in [3.63, 3.8) is 0 Å². The number of hydrogen-bond donors (Lipinski definition) is 0. The number of carbonyl (C=O) groups is 2. The van der Waals surface area contributed by atoms with E-state index >= 15 is 0 Å². The predicted molar refractivity (Wildman–Crippen MR) is 103 cm³/mol. The summed E-state index contributed by atoms with van der Waals surface area (Å²) in [6.45, 7) is 2.43. The van der Waals surface area contributed by atoms with E-state index in [1.54, 1.807) is 30.3 Å². The van der Waals surface area contributed by atoms with Crippen LogP contribution in [0.15, 0.2) is 54.1 Å². The molecule has 0 bridgehead atoms. The Balaban J connectivity index is 1.66. The van der Waals surface area contributed by atoms with Crippen LogP contribution in [0.3, 0.4) is 0 Å². The van der Waals surface area contributed by atoms with Gasteiger partial charge in [-0.3, -0.25) is 9.59 Å². The number of aryl methyl sites for hydroxylation is 1. The summed E-state index contributed by atoms with van der Waals surface area (Å²) in [5, 5.41) is 0. The van der Waals surface area contributed by atoms with Crippen molar-refractivity contribution in [1.82, 2.24) is 0 Å². The molecule has 0 radical (unpaired) electrons. The first-order valence-corrected chi connectivity index (χ1v) is 9.38. The number of rotatable bonds is 5. The Bertz CT molecular complexity index is 910. The number of carbonyl (C=O) groups excluding carboxylic acids is 2. The second-order valence-corrected chi connectivity index (χ2v) is 7.18. The molecule has 0 aromatic heterocycles. The van der Waals surface area contributed by atoms with Gasteiger partial charge in [0.05, 0.1) is 5.92 Å². The molecule has 2 aromatic carbocycles. The predicted octanol–water partition coefficient (Wildman–Crippen LogP) is 5.46. The first-order valence-electron chi connectivity index (χ1n) is 9.38. The Morgan fingerprint density at radius 3 is 2.38 bits per heavy atom. The maximum absolute atomic E-state index is 12.7. The standard InChI is InChI=1S/C23H21F3O3/c1-15-5-7-17(8-6-15)14-29-19-11-9-16(10-12-19)13-18-3-2-4-20(21(18)27)22(28)23(24,25)26/h5-13,20H,2-4,14H2,1H3. The van der Waals surface area contributed by atoms with Crippen molar-refractivity contribution in [2.45, 2.75) is 39.0 Å². The van der Waals surface area contributed by atoms with Gasteiger partial charge in [0.2, 0.25) is 5.78 Å². The van der Waals surface area contributed by atoms with Gasteiger partial charge < -0.3 is 4.74 Å². The third-order valence-electron chi connectivity index (χ3n) is 4.91. The summed E-state index contributed by atoms with van der Waals surface area (Å²) in [5.41, 5.74) is 3.14. The number of Topliss-reactive ketones (excluding diaryl/α,β-unsaturated/α-hetero) is 2. The van der Waals surface area contributed by atoms with Crippen molar-refractivity contribution in [1.29, 1.82) is 0 Å². The normalized spacial score (nSPS) is 18.7. The zero-order chi connectivity index (χ0) is 21.0. The number of hydrogen-bond acceptors (Lipinski definition) is 3. The van der Waals surface area contributed by atoms with Gasteiger partial charge in [0.15, 0.2) is 5.78 Å². The van der Waals surface area contributed by atoms with Crippen LogP contribution in [0.25, 0.3) is 6.08 Å². The average molecular weight is 402 g/mol. The van der Waals surface area contributed by atoms with E-state index in [0.29, 0.717) is 30.8 Å². The maximum atomic E-state index is 12.7. The quantitative estimate of drug-likeness (QED) is 0.493. The van der Waals surface area contributed by atoms with Gasteiger partial charge in [-0.15, -0.1) is 0 Å². The lowest BCUT2D eigenvalue weighted by atomic mass is 9.81. The van der Waals surface area contributed by atoms with Crippen molar-refractivity contribution in [2.24, 2.45) is 5.92 Å². The van der Waals surface area contributed by atoms with Gasteiger partial charge in [-0.05, 0) is 61.1 Å². The molecule has 1 aliphatic carbocycles. The molecular formula is C23H21F3O3. The van der Waals surface area contributed by atoms with Crippen LogP contribution in [0.1, 0.15) is 36.0 Å². The molecule has 0 heterocycles. The van der Waals surface area contributed by atoms with Crippen LogP contribution < -0.4 is 4.74 Å². The highest BCUT2D eigenvalue weighted by molar-refractivity contribution is 6.14. The van der Waals surface area contributed by atoms with Crippen LogP contribution in [0.2, 0.25) is 0 Å². The van der Waals surface area contributed by atoms with Gasteiger partial charge in [0, 0.05) is 0 Å². The summed E-state index contributed by atoms with van der Waals surface area (Å²) in [5.74, 6) is -3.65. The fourth-order valence-corrected chi connectivity index (χ4v) is 3.28. The largest absolute Gasteiger partial charge is 0.489 e. The lowest BCUT2D eigenvalue weighted by Crippen LogP contribution is -2.37. The topological polar surface area (TPSA) is 43.4 Å². The lowest BCUT2D eigenvalue weighted by Gasteiger charge is -2.22. The first-order chi connectivity index (χ1) is 13.7. The van der Waals surface area contributed by atoms with Gasteiger partial charge in [-0.2, -0.15) is 13.2 Å². The number of benzene rings is 2. The second-order valence-electron chi connectivity index (χ2n) is 7.18. The third kappa shape index (κ3) is 5.34. The van der Waals surface area contributed by atoms with Crippen LogP contribution in [0.5, 0.6) is 5.75 Å². The number of ketones is 2. The van der Waals surface area contributed by atoms with Crippen molar-refractivity contribution < 1.29 is 27.5 Å². The minimum absolute atomic E-state index is 0.0553. The molecule has 3 rings (SSSR count). The number of ether oxygens (including phenoxy) is 1. The summed E-state index contributed by atoms with van der Waals surface area (Å²) in [7, 11) is 0. The highest BCUT2D eigenvalue weighted by Crippen LogP contribution is 2.32. The van der Waals surface area contributed by atoms with Crippen LogP contribution in [0.4, 0.5) is 13.2 Å². The molecule has 1 fully saturated rings. The molecule has 29 heavy (non-hydrogen) atoms. The van der Waals surface area contributed by atoms with Crippen molar-refractivity contribution in [3.05, 3.63) is 70.8 Å². The van der Waals surface area contributed by atoms with E-state index in [1.165, 1.54) is 5.56 Å². The average Bonchev–Trinajstić information content (AvgIpc) is 2.69.